The molecule has 6 heteroatoms. The van der Waals surface area contributed by atoms with Crippen molar-refractivity contribution in [2.75, 3.05) is 14.1 Å². The first-order valence-corrected chi connectivity index (χ1v) is 6.57. The average Bonchev–Trinajstić information content (AvgIpc) is 2.81. The van der Waals surface area contributed by atoms with E-state index in [2.05, 4.69) is 0 Å². The Balaban J connectivity index is 2.58. The van der Waals surface area contributed by atoms with Crippen LogP contribution in [0, 0.1) is 11.3 Å². The van der Waals surface area contributed by atoms with Gasteiger partial charge in [-0.05, 0) is 12.1 Å². The summed E-state index contributed by atoms with van der Waals surface area (Å²) in [6.07, 6.45) is 3.13. The van der Waals surface area contributed by atoms with Crippen LogP contribution < -0.4 is 0 Å². The van der Waals surface area contributed by atoms with Crippen molar-refractivity contribution >= 4 is 28.9 Å². The number of aliphatic carboxylic acids is 1. The molecule has 1 aromatic carbocycles. The van der Waals surface area contributed by atoms with Crippen LogP contribution in [-0.2, 0) is 16.1 Å². The summed E-state index contributed by atoms with van der Waals surface area (Å²) in [5, 5.41) is 18.9. The van der Waals surface area contributed by atoms with E-state index in [1.165, 1.54) is 11.0 Å². The second-order valence-electron chi connectivity index (χ2n) is 4.99. The van der Waals surface area contributed by atoms with E-state index in [4.69, 9.17) is 10.4 Å². The highest BCUT2D eigenvalue weighted by molar-refractivity contribution is 6.03. The van der Waals surface area contributed by atoms with Gasteiger partial charge in [-0.3, -0.25) is 9.59 Å². The maximum absolute atomic E-state index is 11.9. The van der Waals surface area contributed by atoms with Crippen molar-refractivity contribution in [1.29, 1.82) is 5.26 Å². The Labute approximate surface area is 127 Å². The minimum Gasteiger partial charge on any atom is -0.480 e. The summed E-state index contributed by atoms with van der Waals surface area (Å²) in [4.78, 5) is 24.2. The summed E-state index contributed by atoms with van der Waals surface area (Å²) < 4.78 is 1.58. The first kappa shape index (κ1) is 15.3. The standard InChI is InChI=1S/C16H15N3O3/c1-18(2)16(22)11(8-17)7-12-9-19(10-15(20)21)14-6-4-3-5-13(12)14/h3-7,9H,10H2,1-2H3,(H,20,21)/b11-7-. The van der Waals surface area contributed by atoms with Crippen molar-refractivity contribution in [3.05, 3.63) is 41.6 Å². The van der Waals surface area contributed by atoms with Gasteiger partial charge in [0.25, 0.3) is 5.91 Å². The van der Waals surface area contributed by atoms with Gasteiger partial charge < -0.3 is 14.6 Å². The number of benzene rings is 1. The number of hydrogen-bond acceptors (Lipinski definition) is 3. The minimum absolute atomic E-state index is 0.00299. The molecule has 0 aliphatic rings. The fourth-order valence-electron chi connectivity index (χ4n) is 2.20. The van der Waals surface area contributed by atoms with Gasteiger partial charge in [-0.1, -0.05) is 18.2 Å². The number of carboxylic acids is 1. The van der Waals surface area contributed by atoms with E-state index in [1.807, 2.05) is 24.3 Å². The van der Waals surface area contributed by atoms with Crippen LogP contribution in [0.3, 0.4) is 0 Å². The van der Waals surface area contributed by atoms with Crippen LogP contribution in [0.25, 0.3) is 17.0 Å². The lowest BCUT2D eigenvalue weighted by Crippen LogP contribution is -2.22. The van der Waals surface area contributed by atoms with Gasteiger partial charge in [0.1, 0.15) is 18.2 Å². The van der Waals surface area contributed by atoms with Gasteiger partial charge in [0, 0.05) is 36.8 Å². The third-order valence-electron chi connectivity index (χ3n) is 3.18. The molecule has 0 saturated carbocycles. The highest BCUT2D eigenvalue weighted by atomic mass is 16.4. The third kappa shape index (κ3) is 2.99. The Morgan fingerprint density at radius 1 is 1.36 bits per heavy atom. The number of aromatic nitrogens is 1. The maximum Gasteiger partial charge on any atom is 0.323 e. The minimum atomic E-state index is -0.957. The molecular weight excluding hydrogens is 282 g/mol. The molecule has 2 rings (SSSR count). The van der Waals surface area contributed by atoms with Crippen LogP contribution in [0.4, 0.5) is 0 Å². The summed E-state index contributed by atoms with van der Waals surface area (Å²) in [5.74, 6) is -1.35. The number of amides is 1. The fourth-order valence-corrected chi connectivity index (χ4v) is 2.20. The lowest BCUT2D eigenvalue weighted by molar-refractivity contribution is -0.137. The van der Waals surface area contributed by atoms with Gasteiger partial charge in [0.2, 0.25) is 0 Å². The van der Waals surface area contributed by atoms with Gasteiger partial charge in [0.05, 0.1) is 0 Å². The highest BCUT2D eigenvalue weighted by Crippen LogP contribution is 2.23. The number of rotatable bonds is 4. The molecule has 1 aromatic heterocycles. The van der Waals surface area contributed by atoms with Crippen molar-refractivity contribution in [1.82, 2.24) is 9.47 Å². The number of fused-ring (bicyclic) bond motifs is 1. The lowest BCUT2D eigenvalue weighted by Gasteiger charge is -2.08. The van der Waals surface area contributed by atoms with Gasteiger partial charge in [-0.2, -0.15) is 5.26 Å². The van der Waals surface area contributed by atoms with E-state index >= 15 is 0 Å². The van der Waals surface area contributed by atoms with Crippen molar-refractivity contribution < 1.29 is 14.7 Å². The van der Waals surface area contributed by atoms with Crippen LogP contribution in [0.5, 0.6) is 0 Å². The zero-order chi connectivity index (χ0) is 16.3. The molecule has 112 valence electrons. The number of para-hydroxylation sites is 1. The second kappa shape index (κ2) is 6.14. The molecule has 1 amide bonds. The maximum atomic E-state index is 11.9. The van der Waals surface area contributed by atoms with Crippen molar-refractivity contribution in [2.24, 2.45) is 0 Å². The summed E-state index contributed by atoms with van der Waals surface area (Å²) >= 11 is 0. The largest absolute Gasteiger partial charge is 0.480 e. The molecule has 0 unspecified atom stereocenters. The van der Waals surface area contributed by atoms with E-state index in [-0.39, 0.29) is 12.1 Å². The molecule has 0 saturated heterocycles. The van der Waals surface area contributed by atoms with Gasteiger partial charge in [-0.25, -0.2) is 0 Å². The van der Waals surface area contributed by atoms with Crippen LogP contribution in [-0.4, -0.2) is 40.5 Å². The molecule has 0 aliphatic heterocycles. The number of hydrogen-bond donors (Lipinski definition) is 1. The van der Waals surface area contributed by atoms with Crippen molar-refractivity contribution in [2.45, 2.75) is 6.54 Å². The van der Waals surface area contributed by atoms with Crippen LogP contribution in [0.15, 0.2) is 36.0 Å². The number of carboxylic acid groups (broad SMARTS) is 1. The van der Waals surface area contributed by atoms with E-state index in [9.17, 15) is 9.59 Å². The molecule has 0 fully saturated rings. The number of likely N-dealkylation sites (N-methyl/N-ethyl adjacent to an activating group) is 1. The van der Waals surface area contributed by atoms with Gasteiger partial charge in [-0.15, -0.1) is 0 Å². The summed E-state index contributed by atoms with van der Waals surface area (Å²) in [6, 6.07) is 9.15. The van der Waals surface area contributed by atoms with Gasteiger partial charge >= 0.3 is 5.97 Å². The number of carbonyl (C=O) groups is 2. The third-order valence-corrected chi connectivity index (χ3v) is 3.18. The number of nitrogens with zero attached hydrogens (tertiary/aromatic N) is 3. The summed E-state index contributed by atoms with van der Waals surface area (Å²) in [6.45, 7) is -0.183. The molecule has 1 heterocycles. The average molecular weight is 297 g/mol. The quantitative estimate of drug-likeness (QED) is 0.687. The molecular formula is C16H15N3O3. The molecule has 0 spiro atoms. The molecule has 0 atom stereocenters. The molecule has 22 heavy (non-hydrogen) atoms. The molecule has 0 bridgehead atoms. The molecule has 6 nitrogen and oxygen atoms in total. The van der Waals surface area contributed by atoms with Crippen molar-refractivity contribution in [3.63, 3.8) is 0 Å². The van der Waals surface area contributed by atoms with Crippen LogP contribution >= 0.6 is 0 Å². The summed E-state index contributed by atoms with van der Waals surface area (Å²) in [7, 11) is 3.14. The zero-order valence-corrected chi connectivity index (χ0v) is 12.3. The predicted molar refractivity (Wildman–Crippen MR) is 81.9 cm³/mol. The van der Waals surface area contributed by atoms with E-state index in [1.54, 1.807) is 30.9 Å². The zero-order valence-electron chi connectivity index (χ0n) is 12.3. The Kier molecular flexibility index (Phi) is 4.28. The highest BCUT2D eigenvalue weighted by Gasteiger charge is 2.14. The predicted octanol–water partition coefficient (Wildman–Crippen LogP) is 1.72. The molecule has 0 radical (unpaired) electrons. The van der Waals surface area contributed by atoms with Crippen molar-refractivity contribution in [3.8, 4) is 6.07 Å². The Morgan fingerprint density at radius 2 is 2.05 bits per heavy atom. The van der Waals surface area contributed by atoms with Gasteiger partial charge in [0.15, 0.2) is 0 Å². The lowest BCUT2D eigenvalue weighted by atomic mass is 10.1. The monoisotopic (exact) mass is 297 g/mol. The first-order chi connectivity index (χ1) is 10.4. The fraction of sp³-hybridized carbons (Fsp3) is 0.188. The molecule has 2 aromatic rings. The molecule has 1 N–H and O–H groups in total. The first-order valence-electron chi connectivity index (χ1n) is 6.57. The van der Waals surface area contributed by atoms with E-state index in [0.29, 0.717) is 5.56 Å². The number of carbonyl (C=O) groups excluding carboxylic acids is 1. The van der Waals surface area contributed by atoms with Crippen LogP contribution in [0.2, 0.25) is 0 Å². The normalized spacial score (nSPS) is 11.2. The number of nitriles is 1. The molecule has 0 aliphatic carbocycles. The SMILES string of the molecule is CN(C)C(=O)/C(C#N)=C\c1cn(CC(=O)O)c2ccccc12. The Morgan fingerprint density at radius 3 is 2.64 bits per heavy atom. The smallest absolute Gasteiger partial charge is 0.323 e. The Hall–Kier alpha value is -3.07. The Bertz CT molecular complexity index is 810. The van der Waals surface area contributed by atoms with E-state index < -0.39 is 11.9 Å². The topological polar surface area (TPSA) is 86.3 Å². The second-order valence-corrected chi connectivity index (χ2v) is 4.99. The van der Waals surface area contributed by atoms with E-state index in [0.717, 1.165) is 10.9 Å². The summed E-state index contributed by atoms with van der Waals surface area (Å²) in [5.41, 5.74) is 1.39. The van der Waals surface area contributed by atoms with Crippen LogP contribution in [0.1, 0.15) is 5.56 Å².